The van der Waals surface area contributed by atoms with Crippen molar-refractivity contribution in [3.05, 3.63) is 63.9 Å². The summed E-state index contributed by atoms with van der Waals surface area (Å²) >= 11 is 3.29. The van der Waals surface area contributed by atoms with Crippen LogP contribution in [0.15, 0.2) is 47.1 Å². The van der Waals surface area contributed by atoms with Crippen molar-refractivity contribution in [3.63, 3.8) is 0 Å². The monoisotopic (exact) mass is 359 g/mol. The molecule has 2 rings (SSSR count). The summed E-state index contributed by atoms with van der Waals surface area (Å²) in [6.07, 6.45) is -2.23. The first kappa shape index (κ1) is 15.9. The highest BCUT2D eigenvalue weighted by Gasteiger charge is 2.30. The number of aromatic nitrogens is 1. The smallest absolute Gasteiger partial charge is 0.271 e. The molecule has 0 radical (unpaired) electrons. The van der Waals surface area contributed by atoms with Gasteiger partial charge in [0, 0.05) is 10.7 Å². The van der Waals surface area contributed by atoms with E-state index in [2.05, 4.69) is 26.3 Å². The summed E-state index contributed by atoms with van der Waals surface area (Å²) in [5.41, 5.74) is 3.44. The Morgan fingerprint density at radius 2 is 1.81 bits per heavy atom. The molecule has 0 saturated heterocycles. The molecule has 1 unspecified atom stereocenters. The van der Waals surface area contributed by atoms with E-state index in [0.717, 1.165) is 27.9 Å². The number of benzene rings is 1. The molecule has 0 aliphatic rings. The number of hydrogen-bond donors (Lipinski definition) is 2. The number of alkyl halides is 3. The van der Waals surface area contributed by atoms with Gasteiger partial charge in [0.1, 0.15) is 0 Å². The van der Waals surface area contributed by atoms with E-state index in [1.165, 1.54) is 12.1 Å². The van der Waals surface area contributed by atoms with Crippen molar-refractivity contribution < 1.29 is 13.2 Å². The molecule has 1 aromatic carbocycles. The molecule has 3 N–H and O–H groups in total. The second kappa shape index (κ2) is 6.55. The van der Waals surface area contributed by atoms with Crippen LogP contribution < -0.4 is 11.3 Å². The third-order valence-corrected chi connectivity index (χ3v) is 3.50. The number of nitrogens with zero attached hydrogens (tertiary/aromatic N) is 1. The molecular formula is C14H13BrF3N3. The Kier molecular flexibility index (Phi) is 4.97. The molecule has 1 atom stereocenters. The Labute approximate surface area is 128 Å². The topological polar surface area (TPSA) is 50.9 Å². The lowest BCUT2D eigenvalue weighted by Crippen LogP contribution is -2.30. The Balaban J connectivity index is 2.13. The third kappa shape index (κ3) is 4.26. The zero-order chi connectivity index (χ0) is 15.5. The van der Waals surface area contributed by atoms with Crippen molar-refractivity contribution in [3.8, 4) is 0 Å². The van der Waals surface area contributed by atoms with Gasteiger partial charge >= 0.3 is 6.18 Å². The standard InChI is InChI=1S/C14H13BrF3N3/c15-11-5-6-12(20-8-11)13(21-19)7-9-1-3-10(4-2-9)14(16,17)18/h1-6,8,13,21H,7,19H2. The van der Waals surface area contributed by atoms with Crippen LogP contribution in [0.3, 0.4) is 0 Å². The molecule has 0 fully saturated rings. The van der Waals surface area contributed by atoms with Gasteiger partial charge in [0.25, 0.3) is 0 Å². The van der Waals surface area contributed by atoms with Gasteiger partial charge in [-0.2, -0.15) is 13.2 Å². The van der Waals surface area contributed by atoms with Gasteiger partial charge in [-0.1, -0.05) is 12.1 Å². The number of hydrazine groups is 1. The number of nitrogens with two attached hydrogens (primary N) is 1. The van der Waals surface area contributed by atoms with Gasteiger partial charge in [-0.3, -0.25) is 16.3 Å². The third-order valence-electron chi connectivity index (χ3n) is 3.03. The number of hydrogen-bond acceptors (Lipinski definition) is 3. The van der Waals surface area contributed by atoms with E-state index in [4.69, 9.17) is 5.84 Å². The van der Waals surface area contributed by atoms with Crippen molar-refractivity contribution in [2.75, 3.05) is 0 Å². The summed E-state index contributed by atoms with van der Waals surface area (Å²) in [4.78, 5) is 4.23. The van der Waals surface area contributed by atoms with Crippen LogP contribution in [0.25, 0.3) is 0 Å². The molecule has 0 spiro atoms. The fourth-order valence-electron chi connectivity index (χ4n) is 1.91. The molecule has 1 heterocycles. The quantitative estimate of drug-likeness (QED) is 0.647. The first-order valence-electron chi connectivity index (χ1n) is 6.14. The maximum absolute atomic E-state index is 12.5. The zero-order valence-corrected chi connectivity index (χ0v) is 12.4. The van der Waals surface area contributed by atoms with Crippen molar-refractivity contribution in [1.82, 2.24) is 10.4 Å². The predicted molar refractivity (Wildman–Crippen MR) is 77.1 cm³/mol. The van der Waals surface area contributed by atoms with E-state index in [1.807, 2.05) is 6.07 Å². The van der Waals surface area contributed by atoms with Crippen molar-refractivity contribution in [1.29, 1.82) is 0 Å². The van der Waals surface area contributed by atoms with Gasteiger partial charge in [-0.25, -0.2) is 0 Å². The predicted octanol–water partition coefficient (Wildman–Crippen LogP) is 3.61. The first-order valence-corrected chi connectivity index (χ1v) is 6.93. The Bertz CT molecular complexity index is 582. The molecule has 2 aromatic rings. The van der Waals surface area contributed by atoms with Crippen LogP contribution >= 0.6 is 15.9 Å². The fraction of sp³-hybridized carbons (Fsp3) is 0.214. The number of nitrogens with one attached hydrogen (secondary N) is 1. The second-order valence-electron chi connectivity index (χ2n) is 4.52. The first-order chi connectivity index (χ1) is 9.90. The molecule has 0 bridgehead atoms. The molecule has 3 nitrogen and oxygen atoms in total. The van der Waals surface area contributed by atoms with E-state index >= 15 is 0 Å². The Morgan fingerprint density at radius 3 is 2.29 bits per heavy atom. The number of pyridine rings is 1. The minimum absolute atomic E-state index is 0.269. The van der Waals surface area contributed by atoms with E-state index < -0.39 is 11.7 Å². The normalized spacial score (nSPS) is 13.2. The minimum atomic E-state index is -4.32. The molecule has 0 saturated carbocycles. The molecule has 0 amide bonds. The van der Waals surface area contributed by atoms with Gasteiger partial charge < -0.3 is 0 Å². The van der Waals surface area contributed by atoms with Gasteiger partial charge in [0.05, 0.1) is 17.3 Å². The highest BCUT2D eigenvalue weighted by molar-refractivity contribution is 9.10. The van der Waals surface area contributed by atoms with Crippen LogP contribution in [0.5, 0.6) is 0 Å². The van der Waals surface area contributed by atoms with Gasteiger partial charge in [-0.15, -0.1) is 0 Å². The lowest BCUT2D eigenvalue weighted by Gasteiger charge is -2.16. The zero-order valence-electron chi connectivity index (χ0n) is 10.9. The highest BCUT2D eigenvalue weighted by Crippen LogP contribution is 2.29. The van der Waals surface area contributed by atoms with Gasteiger partial charge in [0.15, 0.2) is 0 Å². The summed E-state index contributed by atoms with van der Waals surface area (Å²) in [6.45, 7) is 0. The molecule has 112 valence electrons. The molecule has 0 aliphatic carbocycles. The summed E-state index contributed by atoms with van der Waals surface area (Å²) in [7, 11) is 0. The lowest BCUT2D eigenvalue weighted by molar-refractivity contribution is -0.137. The largest absolute Gasteiger partial charge is 0.416 e. The molecule has 1 aromatic heterocycles. The van der Waals surface area contributed by atoms with E-state index in [1.54, 1.807) is 12.3 Å². The molecule has 0 aliphatic heterocycles. The van der Waals surface area contributed by atoms with Crippen LogP contribution in [-0.4, -0.2) is 4.98 Å². The van der Waals surface area contributed by atoms with E-state index in [0.29, 0.717) is 6.42 Å². The van der Waals surface area contributed by atoms with Crippen molar-refractivity contribution in [2.24, 2.45) is 5.84 Å². The maximum atomic E-state index is 12.5. The average molecular weight is 360 g/mol. The van der Waals surface area contributed by atoms with Crippen LogP contribution in [-0.2, 0) is 12.6 Å². The Hall–Kier alpha value is -1.44. The molecule has 7 heteroatoms. The van der Waals surface area contributed by atoms with Gasteiger partial charge in [0.2, 0.25) is 0 Å². The summed E-state index contributed by atoms with van der Waals surface area (Å²) in [6, 6.07) is 8.40. The SMILES string of the molecule is NNC(Cc1ccc(C(F)(F)F)cc1)c1ccc(Br)cn1. The average Bonchev–Trinajstić information content (AvgIpc) is 2.45. The van der Waals surface area contributed by atoms with Crippen molar-refractivity contribution >= 4 is 15.9 Å². The van der Waals surface area contributed by atoms with Crippen LogP contribution in [0.1, 0.15) is 22.9 Å². The number of halogens is 4. The second-order valence-corrected chi connectivity index (χ2v) is 5.44. The van der Waals surface area contributed by atoms with Crippen molar-refractivity contribution in [2.45, 2.75) is 18.6 Å². The Morgan fingerprint density at radius 1 is 1.14 bits per heavy atom. The molecular weight excluding hydrogens is 347 g/mol. The fourth-order valence-corrected chi connectivity index (χ4v) is 2.14. The van der Waals surface area contributed by atoms with Crippen LogP contribution in [0.2, 0.25) is 0 Å². The van der Waals surface area contributed by atoms with Crippen LogP contribution in [0.4, 0.5) is 13.2 Å². The van der Waals surface area contributed by atoms with E-state index in [-0.39, 0.29) is 6.04 Å². The van der Waals surface area contributed by atoms with Crippen LogP contribution in [0, 0.1) is 0 Å². The van der Waals surface area contributed by atoms with Gasteiger partial charge in [-0.05, 0) is 52.2 Å². The summed E-state index contributed by atoms with van der Waals surface area (Å²) in [5.74, 6) is 5.51. The summed E-state index contributed by atoms with van der Waals surface area (Å²) < 4.78 is 38.4. The maximum Gasteiger partial charge on any atom is 0.416 e. The minimum Gasteiger partial charge on any atom is -0.271 e. The van der Waals surface area contributed by atoms with E-state index in [9.17, 15) is 13.2 Å². The summed E-state index contributed by atoms with van der Waals surface area (Å²) in [5, 5.41) is 0. The molecule has 21 heavy (non-hydrogen) atoms. The number of rotatable bonds is 4. The highest BCUT2D eigenvalue weighted by atomic mass is 79.9. The lowest BCUT2D eigenvalue weighted by atomic mass is 10.0.